The lowest BCUT2D eigenvalue weighted by atomic mass is 9.96. The SMILES string of the molecule is COc1cccc2cc(C(=O)NC[C@]3(O)CCc4ccccc43)oc12. The molecule has 25 heavy (non-hydrogen) atoms. The first kappa shape index (κ1) is 15.7. The van der Waals surface area contributed by atoms with Crippen LogP contribution in [0.2, 0.25) is 0 Å². The minimum absolute atomic E-state index is 0.150. The van der Waals surface area contributed by atoms with Crippen LogP contribution in [-0.4, -0.2) is 24.7 Å². The third kappa shape index (κ3) is 2.66. The Hall–Kier alpha value is -2.79. The fourth-order valence-electron chi connectivity index (χ4n) is 3.47. The fourth-order valence-corrected chi connectivity index (χ4v) is 3.47. The van der Waals surface area contributed by atoms with Gasteiger partial charge in [-0.25, -0.2) is 0 Å². The average molecular weight is 337 g/mol. The van der Waals surface area contributed by atoms with E-state index < -0.39 is 5.60 Å². The first-order valence-electron chi connectivity index (χ1n) is 8.26. The van der Waals surface area contributed by atoms with Crippen molar-refractivity contribution in [1.29, 1.82) is 0 Å². The van der Waals surface area contributed by atoms with E-state index in [2.05, 4.69) is 5.32 Å². The van der Waals surface area contributed by atoms with Crippen LogP contribution in [0.5, 0.6) is 5.75 Å². The number of benzene rings is 2. The van der Waals surface area contributed by atoms with Gasteiger partial charge >= 0.3 is 0 Å². The number of nitrogens with one attached hydrogen (secondary N) is 1. The molecular formula is C20H19NO4. The van der Waals surface area contributed by atoms with Crippen LogP contribution < -0.4 is 10.1 Å². The quantitative estimate of drug-likeness (QED) is 0.768. The summed E-state index contributed by atoms with van der Waals surface area (Å²) in [6.45, 7) is 0.150. The van der Waals surface area contributed by atoms with Crippen molar-refractivity contribution in [3.05, 3.63) is 65.4 Å². The lowest BCUT2D eigenvalue weighted by molar-refractivity contribution is 0.0365. The summed E-state index contributed by atoms with van der Waals surface area (Å²) in [5.41, 5.74) is 1.53. The predicted octanol–water partition coefficient (Wildman–Crippen LogP) is 3.01. The molecule has 1 aromatic heterocycles. The molecule has 1 heterocycles. The number of hydrogen-bond acceptors (Lipinski definition) is 4. The molecule has 0 fully saturated rings. The minimum atomic E-state index is -1.03. The zero-order chi connectivity index (χ0) is 17.4. The van der Waals surface area contributed by atoms with Crippen molar-refractivity contribution >= 4 is 16.9 Å². The molecule has 5 nitrogen and oxygen atoms in total. The fraction of sp³-hybridized carbons (Fsp3) is 0.250. The Balaban J connectivity index is 1.53. The molecule has 128 valence electrons. The molecular weight excluding hydrogens is 318 g/mol. The van der Waals surface area contributed by atoms with Crippen molar-refractivity contribution in [2.75, 3.05) is 13.7 Å². The molecule has 1 aliphatic carbocycles. The van der Waals surface area contributed by atoms with E-state index in [-0.39, 0.29) is 18.2 Å². The number of ether oxygens (including phenoxy) is 1. The van der Waals surface area contributed by atoms with E-state index in [4.69, 9.17) is 9.15 Å². The van der Waals surface area contributed by atoms with Crippen LogP contribution in [0, 0.1) is 0 Å². The molecule has 2 aromatic carbocycles. The second-order valence-electron chi connectivity index (χ2n) is 6.36. The molecule has 1 aliphatic rings. The molecule has 2 N–H and O–H groups in total. The molecule has 1 amide bonds. The average Bonchev–Trinajstić information content (AvgIpc) is 3.22. The van der Waals surface area contributed by atoms with Crippen LogP contribution in [0.1, 0.15) is 28.1 Å². The van der Waals surface area contributed by atoms with Gasteiger partial charge in [0.2, 0.25) is 0 Å². The highest BCUT2D eigenvalue weighted by Gasteiger charge is 2.36. The van der Waals surface area contributed by atoms with Crippen molar-refractivity contribution in [3.63, 3.8) is 0 Å². The monoisotopic (exact) mass is 337 g/mol. The largest absolute Gasteiger partial charge is 0.493 e. The van der Waals surface area contributed by atoms with E-state index in [1.165, 1.54) is 0 Å². The summed E-state index contributed by atoms with van der Waals surface area (Å²) in [7, 11) is 1.56. The predicted molar refractivity (Wildman–Crippen MR) is 93.8 cm³/mol. The highest BCUT2D eigenvalue weighted by Crippen LogP contribution is 2.36. The van der Waals surface area contributed by atoms with Crippen LogP contribution in [0.3, 0.4) is 0 Å². The normalized spacial score (nSPS) is 19.0. The van der Waals surface area contributed by atoms with Crippen LogP contribution in [-0.2, 0) is 12.0 Å². The Morgan fingerprint density at radius 2 is 2.12 bits per heavy atom. The van der Waals surface area contributed by atoms with Crippen molar-refractivity contribution in [3.8, 4) is 5.75 Å². The highest BCUT2D eigenvalue weighted by atomic mass is 16.5. The third-order valence-corrected chi connectivity index (χ3v) is 4.82. The van der Waals surface area contributed by atoms with Crippen molar-refractivity contribution in [1.82, 2.24) is 5.32 Å². The van der Waals surface area contributed by atoms with E-state index >= 15 is 0 Å². The number of carbonyl (C=O) groups excluding carboxylic acids is 1. The number of rotatable bonds is 4. The number of aliphatic hydroxyl groups is 1. The lowest BCUT2D eigenvalue weighted by Crippen LogP contribution is -2.39. The zero-order valence-electron chi connectivity index (χ0n) is 13.9. The molecule has 0 spiro atoms. The number of hydrogen-bond donors (Lipinski definition) is 2. The van der Waals surface area contributed by atoms with E-state index in [0.29, 0.717) is 17.8 Å². The maximum absolute atomic E-state index is 12.5. The first-order valence-corrected chi connectivity index (χ1v) is 8.26. The molecule has 0 bridgehead atoms. The van der Waals surface area contributed by atoms with Gasteiger partial charge in [-0.2, -0.15) is 0 Å². The van der Waals surface area contributed by atoms with Gasteiger partial charge in [0.25, 0.3) is 5.91 Å². The van der Waals surface area contributed by atoms with Crippen molar-refractivity contribution in [2.45, 2.75) is 18.4 Å². The molecule has 1 atom stereocenters. The summed E-state index contributed by atoms with van der Waals surface area (Å²) >= 11 is 0. The third-order valence-electron chi connectivity index (χ3n) is 4.82. The van der Waals surface area contributed by atoms with E-state index in [0.717, 1.165) is 22.9 Å². The first-order chi connectivity index (χ1) is 12.1. The second kappa shape index (κ2) is 5.93. The topological polar surface area (TPSA) is 71.7 Å². The molecule has 3 aromatic rings. The Labute approximate surface area is 145 Å². The van der Waals surface area contributed by atoms with Gasteiger partial charge in [0.05, 0.1) is 13.7 Å². The maximum atomic E-state index is 12.5. The smallest absolute Gasteiger partial charge is 0.287 e. The number of furan rings is 1. The van der Waals surface area contributed by atoms with Gasteiger partial charge in [-0.05, 0) is 36.1 Å². The Kier molecular flexibility index (Phi) is 3.73. The Morgan fingerprint density at radius 1 is 1.28 bits per heavy atom. The Morgan fingerprint density at radius 3 is 2.96 bits per heavy atom. The van der Waals surface area contributed by atoms with Crippen LogP contribution in [0.15, 0.2) is 52.9 Å². The summed E-state index contributed by atoms with van der Waals surface area (Å²) in [4.78, 5) is 12.5. The van der Waals surface area contributed by atoms with Crippen molar-refractivity contribution in [2.24, 2.45) is 0 Å². The standard InChI is InChI=1S/C20H19NO4/c1-24-16-8-4-6-14-11-17(25-18(14)16)19(22)21-12-20(23)10-9-13-5-2-3-7-15(13)20/h2-8,11,23H,9-10,12H2,1H3,(H,21,22)/t20-/m1/s1. The van der Waals surface area contributed by atoms with Gasteiger partial charge in [-0.15, -0.1) is 0 Å². The number of methoxy groups -OCH3 is 1. The number of carbonyl (C=O) groups is 1. The zero-order valence-corrected chi connectivity index (χ0v) is 13.9. The van der Waals surface area contributed by atoms with E-state index in [9.17, 15) is 9.90 Å². The lowest BCUT2D eigenvalue weighted by Gasteiger charge is -2.24. The molecule has 5 heteroatoms. The van der Waals surface area contributed by atoms with Gasteiger partial charge in [0, 0.05) is 5.39 Å². The van der Waals surface area contributed by atoms with Crippen molar-refractivity contribution < 1.29 is 19.1 Å². The number of amides is 1. The van der Waals surface area contributed by atoms with Crippen LogP contribution in [0.4, 0.5) is 0 Å². The summed E-state index contributed by atoms with van der Waals surface area (Å²) in [5, 5.41) is 14.5. The van der Waals surface area contributed by atoms with E-state index in [1.54, 1.807) is 19.2 Å². The molecule has 0 radical (unpaired) electrons. The second-order valence-corrected chi connectivity index (χ2v) is 6.36. The van der Waals surface area contributed by atoms with Gasteiger partial charge < -0.3 is 19.6 Å². The highest BCUT2D eigenvalue weighted by molar-refractivity contribution is 5.97. The summed E-state index contributed by atoms with van der Waals surface area (Å²) in [6, 6.07) is 15.0. The molecule has 0 aliphatic heterocycles. The number of para-hydroxylation sites is 1. The number of fused-ring (bicyclic) bond motifs is 2. The van der Waals surface area contributed by atoms with Gasteiger partial charge in [-0.1, -0.05) is 36.4 Å². The van der Waals surface area contributed by atoms with Gasteiger partial charge in [0.1, 0.15) is 5.60 Å². The molecule has 0 unspecified atom stereocenters. The Bertz CT molecular complexity index is 946. The molecule has 4 rings (SSSR count). The van der Waals surface area contributed by atoms with Crippen LogP contribution >= 0.6 is 0 Å². The maximum Gasteiger partial charge on any atom is 0.287 e. The van der Waals surface area contributed by atoms with Gasteiger partial charge in [-0.3, -0.25) is 4.79 Å². The van der Waals surface area contributed by atoms with Gasteiger partial charge in [0.15, 0.2) is 17.1 Å². The minimum Gasteiger partial charge on any atom is -0.493 e. The van der Waals surface area contributed by atoms with Crippen LogP contribution in [0.25, 0.3) is 11.0 Å². The summed E-state index contributed by atoms with van der Waals surface area (Å²) < 4.78 is 10.9. The summed E-state index contributed by atoms with van der Waals surface area (Å²) in [5.74, 6) is 0.436. The molecule has 0 saturated heterocycles. The summed E-state index contributed by atoms with van der Waals surface area (Å²) in [6.07, 6.45) is 1.41. The van der Waals surface area contributed by atoms with E-state index in [1.807, 2.05) is 36.4 Å². The molecule has 0 saturated carbocycles. The number of aryl methyl sites for hydroxylation is 1.